The summed E-state index contributed by atoms with van der Waals surface area (Å²) in [5, 5.41) is 0. The fourth-order valence-corrected chi connectivity index (χ4v) is 2.13. The van der Waals surface area contributed by atoms with E-state index in [1.54, 1.807) is 24.3 Å². The normalized spacial score (nSPS) is 12.0. The minimum Gasteiger partial charge on any atom is -0.493 e. The fraction of sp³-hybridized carbons (Fsp3) is 0.474. The summed E-state index contributed by atoms with van der Waals surface area (Å²) in [6.45, 7) is 4.59. The molecule has 0 heterocycles. The van der Waals surface area contributed by atoms with Gasteiger partial charge in [-0.15, -0.1) is 0 Å². The molecule has 132 valence electrons. The highest BCUT2D eigenvalue weighted by molar-refractivity contribution is 5.92. The van der Waals surface area contributed by atoms with E-state index in [0.717, 1.165) is 37.8 Å². The van der Waals surface area contributed by atoms with E-state index in [-0.39, 0.29) is 0 Å². The van der Waals surface area contributed by atoms with Gasteiger partial charge in [-0.3, -0.25) is 0 Å². The number of methoxy groups -OCH3 is 1. The van der Waals surface area contributed by atoms with E-state index in [9.17, 15) is 9.59 Å². The van der Waals surface area contributed by atoms with Crippen LogP contribution in [0.3, 0.4) is 0 Å². The lowest BCUT2D eigenvalue weighted by molar-refractivity contribution is -0.139. The van der Waals surface area contributed by atoms with Crippen molar-refractivity contribution in [2.45, 2.75) is 39.5 Å². The zero-order valence-corrected chi connectivity index (χ0v) is 14.6. The Morgan fingerprint density at radius 1 is 1.08 bits per heavy atom. The van der Waals surface area contributed by atoms with E-state index in [1.165, 1.54) is 7.11 Å². The third kappa shape index (κ3) is 7.31. The first-order valence-corrected chi connectivity index (χ1v) is 8.30. The monoisotopic (exact) mass is 334 g/mol. The quantitative estimate of drug-likeness (QED) is 0.369. The number of carbonyl (C=O) groups is 2. The molecule has 0 radical (unpaired) electrons. The van der Waals surface area contributed by atoms with Crippen molar-refractivity contribution in [1.82, 2.24) is 0 Å². The van der Waals surface area contributed by atoms with E-state index in [1.807, 2.05) is 0 Å². The highest BCUT2D eigenvalue weighted by atomic mass is 16.6. The van der Waals surface area contributed by atoms with Gasteiger partial charge in [-0.2, -0.15) is 0 Å². The highest BCUT2D eigenvalue weighted by Crippen LogP contribution is 2.25. The molecule has 1 rings (SSSR count). The van der Waals surface area contributed by atoms with Crippen LogP contribution in [-0.4, -0.2) is 25.7 Å². The van der Waals surface area contributed by atoms with Gasteiger partial charge in [0.25, 0.3) is 0 Å². The Balaban J connectivity index is 2.44. The molecule has 0 spiro atoms. The number of benzene rings is 1. The predicted octanol–water partition coefficient (Wildman–Crippen LogP) is 3.92. The van der Waals surface area contributed by atoms with Crippen LogP contribution in [0.5, 0.6) is 11.5 Å². The molecule has 0 saturated heterocycles. The molecule has 1 aromatic rings. The average molecular weight is 334 g/mol. The van der Waals surface area contributed by atoms with Gasteiger partial charge in [0, 0.05) is 12.2 Å². The molecule has 5 nitrogen and oxygen atoms in total. The number of carbonyl (C=O) groups excluding carboxylic acids is 2. The molecular formula is C19H26O5. The van der Waals surface area contributed by atoms with Crippen LogP contribution in [0.25, 0.3) is 0 Å². The zero-order valence-electron chi connectivity index (χ0n) is 14.6. The van der Waals surface area contributed by atoms with E-state index in [4.69, 9.17) is 14.2 Å². The van der Waals surface area contributed by atoms with Crippen LogP contribution in [0.4, 0.5) is 0 Å². The van der Waals surface area contributed by atoms with Gasteiger partial charge >= 0.3 is 11.9 Å². The van der Waals surface area contributed by atoms with E-state index >= 15 is 0 Å². The zero-order chi connectivity index (χ0) is 17.8. The largest absolute Gasteiger partial charge is 0.493 e. The van der Waals surface area contributed by atoms with Crippen molar-refractivity contribution < 1.29 is 23.8 Å². The Morgan fingerprint density at radius 3 is 2.38 bits per heavy atom. The van der Waals surface area contributed by atoms with Crippen molar-refractivity contribution >= 4 is 11.9 Å². The summed E-state index contributed by atoms with van der Waals surface area (Å²) in [6, 6.07) is 6.79. The summed E-state index contributed by atoms with van der Waals surface area (Å²) in [4.78, 5) is 23.4. The molecule has 0 amide bonds. The molecule has 0 N–H and O–H groups in total. The molecule has 1 atom stereocenters. The Morgan fingerprint density at radius 2 is 1.75 bits per heavy atom. The predicted molar refractivity (Wildman–Crippen MR) is 92.0 cm³/mol. The standard InChI is InChI=1S/C19H26O5/c1-4-6-9-15(5-2)14-23-18(20)12-13-19(21)24-17-11-8-7-10-16(17)22-3/h7-8,10-13,15H,4-6,9,14H2,1-3H3/b13-12+. The average Bonchev–Trinajstić information content (AvgIpc) is 2.60. The third-order valence-electron chi connectivity index (χ3n) is 3.64. The van der Waals surface area contributed by atoms with Gasteiger partial charge in [-0.1, -0.05) is 45.2 Å². The van der Waals surface area contributed by atoms with Gasteiger partial charge in [0.15, 0.2) is 11.5 Å². The van der Waals surface area contributed by atoms with Crippen LogP contribution in [-0.2, 0) is 14.3 Å². The van der Waals surface area contributed by atoms with Crippen LogP contribution < -0.4 is 9.47 Å². The number of hydrogen-bond acceptors (Lipinski definition) is 5. The van der Waals surface area contributed by atoms with E-state index < -0.39 is 11.9 Å². The van der Waals surface area contributed by atoms with Crippen molar-refractivity contribution in [2.24, 2.45) is 5.92 Å². The minimum atomic E-state index is -0.658. The Bertz CT molecular complexity index is 550. The number of hydrogen-bond donors (Lipinski definition) is 0. The fourth-order valence-electron chi connectivity index (χ4n) is 2.13. The molecule has 24 heavy (non-hydrogen) atoms. The maximum absolute atomic E-state index is 11.7. The topological polar surface area (TPSA) is 61.8 Å². The lowest BCUT2D eigenvalue weighted by Crippen LogP contribution is -2.13. The Kier molecular flexibility index (Phi) is 9.27. The molecule has 0 aromatic heterocycles. The Labute approximate surface area is 143 Å². The second-order valence-corrected chi connectivity index (χ2v) is 5.45. The van der Waals surface area contributed by atoms with Gasteiger partial charge in [-0.25, -0.2) is 9.59 Å². The van der Waals surface area contributed by atoms with Crippen molar-refractivity contribution in [2.75, 3.05) is 13.7 Å². The SMILES string of the molecule is CCCCC(CC)COC(=O)/C=C/C(=O)Oc1ccccc1OC. The Hall–Kier alpha value is -2.30. The molecule has 0 aliphatic rings. The number of unbranched alkanes of at least 4 members (excludes halogenated alkanes) is 1. The molecule has 0 aliphatic carbocycles. The second-order valence-electron chi connectivity index (χ2n) is 5.45. The molecule has 0 bridgehead atoms. The van der Waals surface area contributed by atoms with E-state index in [0.29, 0.717) is 24.0 Å². The second kappa shape index (κ2) is 11.3. The van der Waals surface area contributed by atoms with Crippen LogP contribution in [0.1, 0.15) is 39.5 Å². The van der Waals surface area contributed by atoms with Crippen molar-refractivity contribution in [3.8, 4) is 11.5 Å². The van der Waals surface area contributed by atoms with Gasteiger partial charge < -0.3 is 14.2 Å². The molecule has 0 fully saturated rings. The molecule has 0 aliphatic heterocycles. The summed E-state index contributed by atoms with van der Waals surface area (Å²) in [5.74, 6) is -0.0867. The maximum Gasteiger partial charge on any atom is 0.336 e. The van der Waals surface area contributed by atoms with Crippen LogP contribution in [0.15, 0.2) is 36.4 Å². The lowest BCUT2D eigenvalue weighted by Gasteiger charge is -2.13. The summed E-state index contributed by atoms with van der Waals surface area (Å²) in [5.41, 5.74) is 0. The first-order valence-electron chi connectivity index (χ1n) is 8.30. The molecule has 0 saturated carbocycles. The van der Waals surface area contributed by atoms with Gasteiger partial charge in [0.05, 0.1) is 13.7 Å². The van der Waals surface area contributed by atoms with Crippen molar-refractivity contribution in [3.63, 3.8) is 0 Å². The van der Waals surface area contributed by atoms with Gasteiger partial charge in [0.2, 0.25) is 0 Å². The van der Waals surface area contributed by atoms with Crippen LogP contribution in [0.2, 0.25) is 0 Å². The number of para-hydroxylation sites is 2. The maximum atomic E-state index is 11.7. The highest BCUT2D eigenvalue weighted by Gasteiger charge is 2.10. The molecular weight excluding hydrogens is 308 g/mol. The van der Waals surface area contributed by atoms with Crippen LogP contribution in [0, 0.1) is 5.92 Å². The van der Waals surface area contributed by atoms with Crippen molar-refractivity contribution in [3.05, 3.63) is 36.4 Å². The van der Waals surface area contributed by atoms with E-state index in [2.05, 4.69) is 13.8 Å². The first-order chi connectivity index (χ1) is 11.6. The number of esters is 2. The summed E-state index contributed by atoms with van der Waals surface area (Å²) in [7, 11) is 1.49. The lowest BCUT2D eigenvalue weighted by atomic mass is 10.0. The summed E-state index contributed by atoms with van der Waals surface area (Å²) >= 11 is 0. The third-order valence-corrected chi connectivity index (χ3v) is 3.64. The van der Waals surface area contributed by atoms with Gasteiger partial charge in [-0.05, 0) is 24.5 Å². The summed E-state index contributed by atoms with van der Waals surface area (Å²) in [6.07, 6.45) is 6.40. The molecule has 5 heteroatoms. The van der Waals surface area contributed by atoms with Crippen molar-refractivity contribution in [1.29, 1.82) is 0 Å². The smallest absolute Gasteiger partial charge is 0.336 e. The molecule has 1 unspecified atom stereocenters. The summed E-state index contributed by atoms with van der Waals surface area (Å²) < 4.78 is 15.4. The number of rotatable bonds is 10. The van der Waals surface area contributed by atoms with Gasteiger partial charge in [0.1, 0.15) is 0 Å². The molecule has 1 aromatic carbocycles. The number of ether oxygens (including phenoxy) is 3. The van der Waals surface area contributed by atoms with Crippen LogP contribution >= 0.6 is 0 Å². The minimum absolute atomic E-state index is 0.300. The first kappa shape index (κ1) is 19.7.